The molecule has 1 aliphatic carbocycles. The predicted octanol–water partition coefficient (Wildman–Crippen LogP) is 2.85. The maximum absolute atomic E-state index is 10.8. The lowest BCUT2D eigenvalue weighted by Gasteiger charge is -2.36. The summed E-state index contributed by atoms with van der Waals surface area (Å²) in [7, 11) is 0. The summed E-state index contributed by atoms with van der Waals surface area (Å²) in [6, 6.07) is 7.81. The normalized spacial score (nSPS) is 21.3. The maximum atomic E-state index is 10.8. The molecule has 1 heterocycles. The molecule has 1 atom stereocenters. The SMILES string of the molecule is C[C@@H](Oc1ccc(CN2CCN(CC3CCCC3)CC2)cc1)C(=O)O. The molecule has 0 radical (unpaired) electrons. The fraction of sp³-hybridized carbons (Fsp3) is 0.650. The van der Waals surface area contributed by atoms with Crippen LogP contribution in [0.15, 0.2) is 24.3 Å². The topological polar surface area (TPSA) is 53.0 Å². The number of carboxylic acid groups (broad SMARTS) is 1. The van der Waals surface area contributed by atoms with Crippen molar-refractivity contribution >= 4 is 5.97 Å². The van der Waals surface area contributed by atoms with Crippen LogP contribution in [-0.4, -0.2) is 59.7 Å². The summed E-state index contributed by atoms with van der Waals surface area (Å²) in [5.74, 6) is 0.604. The van der Waals surface area contributed by atoms with Crippen LogP contribution in [0, 0.1) is 5.92 Å². The van der Waals surface area contributed by atoms with Crippen LogP contribution in [0.5, 0.6) is 5.75 Å². The Hall–Kier alpha value is -1.59. The first-order valence-corrected chi connectivity index (χ1v) is 9.53. The number of ether oxygens (including phenoxy) is 1. The van der Waals surface area contributed by atoms with Crippen LogP contribution < -0.4 is 4.74 Å². The van der Waals surface area contributed by atoms with Crippen molar-refractivity contribution in [3.05, 3.63) is 29.8 Å². The lowest BCUT2D eigenvalue weighted by molar-refractivity contribution is -0.144. The Bertz CT molecular complexity index is 547. The highest BCUT2D eigenvalue weighted by Gasteiger charge is 2.22. The average Bonchev–Trinajstić information content (AvgIpc) is 3.11. The zero-order valence-electron chi connectivity index (χ0n) is 15.2. The van der Waals surface area contributed by atoms with Gasteiger partial charge in [0.05, 0.1) is 0 Å². The van der Waals surface area contributed by atoms with Gasteiger partial charge in [0.15, 0.2) is 6.10 Å². The first kappa shape index (κ1) is 18.2. The monoisotopic (exact) mass is 346 g/mol. The number of aliphatic carboxylic acids is 1. The van der Waals surface area contributed by atoms with E-state index in [9.17, 15) is 4.79 Å². The second-order valence-electron chi connectivity index (χ2n) is 7.47. The summed E-state index contributed by atoms with van der Waals surface area (Å²) in [6.07, 6.45) is 4.88. The first-order chi connectivity index (χ1) is 12.1. The molecular formula is C20H30N2O3. The third kappa shape index (κ3) is 5.44. The van der Waals surface area contributed by atoms with E-state index in [1.807, 2.05) is 24.3 Å². The fourth-order valence-corrected chi connectivity index (χ4v) is 3.87. The molecule has 0 amide bonds. The lowest BCUT2D eigenvalue weighted by atomic mass is 10.1. The Kier molecular flexibility index (Phi) is 6.32. The minimum absolute atomic E-state index is 0.611. The van der Waals surface area contributed by atoms with Crippen molar-refractivity contribution in [1.29, 1.82) is 0 Å². The van der Waals surface area contributed by atoms with Crippen LogP contribution in [0.4, 0.5) is 0 Å². The highest BCUT2D eigenvalue weighted by molar-refractivity contribution is 5.72. The Labute approximate surface area is 150 Å². The van der Waals surface area contributed by atoms with Gasteiger partial charge in [-0.25, -0.2) is 4.79 Å². The van der Waals surface area contributed by atoms with Gasteiger partial charge >= 0.3 is 5.97 Å². The van der Waals surface area contributed by atoms with E-state index in [2.05, 4.69) is 9.80 Å². The van der Waals surface area contributed by atoms with Crippen molar-refractivity contribution in [2.45, 2.75) is 45.3 Å². The van der Waals surface area contributed by atoms with Gasteiger partial charge < -0.3 is 14.7 Å². The van der Waals surface area contributed by atoms with Crippen LogP contribution in [0.1, 0.15) is 38.2 Å². The minimum atomic E-state index is -0.945. The highest BCUT2D eigenvalue weighted by Crippen LogP contribution is 2.26. The molecule has 0 bridgehead atoms. The molecule has 0 aromatic heterocycles. The first-order valence-electron chi connectivity index (χ1n) is 9.53. The average molecular weight is 346 g/mol. The summed E-state index contributed by atoms with van der Waals surface area (Å²) < 4.78 is 5.38. The van der Waals surface area contributed by atoms with E-state index in [1.165, 1.54) is 50.9 Å². The van der Waals surface area contributed by atoms with E-state index in [4.69, 9.17) is 9.84 Å². The molecule has 138 valence electrons. The second kappa shape index (κ2) is 8.68. The lowest BCUT2D eigenvalue weighted by Crippen LogP contribution is -2.47. The highest BCUT2D eigenvalue weighted by atomic mass is 16.5. The van der Waals surface area contributed by atoms with Gasteiger partial charge in [-0.2, -0.15) is 0 Å². The summed E-state index contributed by atoms with van der Waals surface area (Å²) in [5.41, 5.74) is 1.25. The number of benzene rings is 1. The van der Waals surface area contributed by atoms with Crippen molar-refractivity contribution in [3.8, 4) is 5.75 Å². The second-order valence-corrected chi connectivity index (χ2v) is 7.47. The van der Waals surface area contributed by atoms with Crippen LogP contribution >= 0.6 is 0 Å². The van der Waals surface area contributed by atoms with Gasteiger partial charge in [0, 0.05) is 39.3 Å². The quantitative estimate of drug-likeness (QED) is 0.823. The van der Waals surface area contributed by atoms with E-state index in [-0.39, 0.29) is 0 Å². The molecule has 1 N–H and O–H groups in total. The summed E-state index contributed by atoms with van der Waals surface area (Å²) >= 11 is 0. The molecule has 2 fully saturated rings. The van der Waals surface area contributed by atoms with Gasteiger partial charge in [0.1, 0.15) is 5.75 Å². The van der Waals surface area contributed by atoms with Gasteiger partial charge in [-0.1, -0.05) is 25.0 Å². The standard InChI is InChI=1S/C20H30N2O3/c1-16(20(23)24)25-19-8-6-18(7-9-19)15-22-12-10-21(11-13-22)14-17-4-2-3-5-17/h6-9,16-17H,2-5,10-15H2,1H3,(H,23,24)/t16-/m1/s1. The van der Waals surface area contributed by atoms with Crippen LogP contribution in [0.3, 0.4) is 0 Å². The van der Waals surface area contributed by atoms with Gasteiger partial charge in [-0.15, -0.1) is 0 Å². The van der Waals surface area contributed by atoms with E-state index < -0.39 is 12.1 Å². The molecule has 3 rings (SSSR count). The zero-order chi connectivity index (χ0) is 17.6. The molecule has 1 aromatic rings. The number of carboxylic acids is 1. The van der Waals surface area contributed by atoms with Gasteiger partial charge in [-0.3, -0.25) is 4.90 Å². The number of hydrogen-bond acceptors (Lipinski definition) is 4. The zero-order valence-corrected chi connectivity index (χ0v) is 15.2. The van der Waals surface area contributed by atoms with Gasteiger partial charge in [0.25, 0.3) is 0 Å². The fourth-order valence-electron chi connectivity index (χ4n) is 3.87. The van der Waals surface area contributed by atoms with Gasteiger partial charge in [-0.05, 0) is 43.4 Å². The smallest absolute Gasteiger partial charge is 0.344 e. The van der Waals surface area contributed by atoms with Crippen molar-refractivity contribution in [2.24, 2.45) is 5.92 Å². The maximum Gasteiger partial charge on any atom is 0.344 e. The molecule has 1 saturated carbocycles. The number of rotatable bonds is 7. The Morgan fingerprint density at radius 3 is 2.32 bits per heavy atom. The molecule has 1 saturated heterocycles. The van der Waals surface area contributed by atoms with Crippen molar-refractivity contribution in [2.75, 3.05) is 32.7 Å². The third-order valence-electron chi connectivity index (χ3n) is 5.45. The molecule has 0 spiro atoms. The Morgan fingerprint density at radius 1 is 1.12 bits per heavy atom. The molecule has 5 nitrogen and oxygen atoms in total. The van der Waals surface area contributed by atoms with E-state index in [0.29, 0.717) is 5.75 Å². The Morgan fingerprint density at radius 2 is 1.72 bits per heavy atom. The molecule has 2 aliphatic rings. The van der Waals surface area contributed by atoms with E-state index >= 15 is 0 Å². The minimum Gasteiger partial charge on any atom is -0.479 e. The molecule has 1 aliphatic heterocycles. The molecule has 0 unspecified atom stereocenters. The van der Waals surface area contributed by atoms with Crippen molar-refractivity contribution < 1.29 is 14.6 Å². The summed E-state index contributed by atoms with van der Waals surface area (Å²) in [6.45, 7) is 8.39. The van der Waals surface area contributed by atoms with Crippen LogP contribution in [0.25, 0.3) is 0 Å². The third-order valence-corrected chi connectivity index (χ3v) is 5.45. The summed E-state index contributed by atoms with van der Waals surface area (Å²) in [5, 5.41) is 8.89. The number of carbonyl (C=O) groups is 1. The number of hydrogen-bond donors (Lipinski definition) is 1. The number of piperazine rings is 1. The number of nitrogens with zero attached hydrogens (tertiary/aromatic N) is 2. The largest absolute Gasteiger partial charge is 0.479 e. The van der Waals surface area contributed by atoms with E-state index in [1.54, 1.807) is 6.92 Å². The Balaban J connectivity index is 1.41. The molecule has 25 heavy (non-hydrogen) atoms. The van der Waals surface area contributed by atoms with Crippen LogP contribution in [-0.2, 0) is 11.3 Å². The van der Waals surface area contributed by atoms with E-state index in [0.717, 1.165) is 25.6 Å². The molecule has 5 heteroatoms. The van der Waals surface area contributed by atoms with Gasteiger partial charge in [0.2, 0.25) is 0 Å². The predicted molar refractivity (Wildman–Crippen MR) is 97.8 cm³/mol. The van der Waals surface area contributed by atoms with Crippen LogP contribution in [0.2, 0.25) is 0 Å². The molecular weight excluding hydrogens is 316 g/mol. The summed E-state index contributed by atoms with van der Waals surface area (Å²) in [4.78, 5) is 16.0. The van der Waals surface area contributed by atoms with Crippen molar-refractivity contribution in [3.63, 3.8) is 0 Å². The molecule has 1 aromatic carbocycles. The van der Waals surface area contributed by atoms with Crippen molar-refractivity contribution in [1.82, 2.24) is 9.80 Å².